The molecule has 5 nitrogen and oxygen atoms in total. The van der Waals surface area contributed by atoms with Crippen molar-refractivity contribution in [2.45, 2.75) is 13.5 Å². The topological polar surface area (TPSA) is 62.7 Å². The summed E-state index contributed by atoms with van der Waals surface area (Å²) in [6.07, 6.45) is 5.25. The molecule has 0 aliphatic heterocycles. The Balaban J connectivity index is 1.68. The van der Waals surface area contributed by atoms with Crippen LogP contribution in [0.15, 0.2) is 55.0 Å². The summed E-state index contributed by atoms with van der Waals surface area (Å²) < 4.78 is 0. The van der Waals surface area contributed by atoms with Crippen LogP contribution in [0, 0.1) is 6.92 Å². The lowest BCUT2D eigenvalue weighted by atomic mass is 10.2. The lowest BCUT2D eigenvalue weighted by molar-refractivity contribution is 1.07. The van der Waals surface area contributed by atoms with Crippen LogP contribution in [0.1, 0.15) is 11.1 Å². The first-order valence-corrected chi connectivity index (χ1v) is 7.57. The highest BCUT2D eigenvalue weighted by Gasteiger charge is 2.02. The van der Waals surface area contributed by atoms with Gasteiger partial charge in [-0.25, -0.2) is 4.98 Å². The first-order chi connectivity index (χ1) is 11.2. The number of aryl methyl sites for hydroxylation is 1. The van der Waals surface area contributed by atoms with Gasteiger partial charge in [-0.1, -0.05) is 17.7 Å². The molecule has 3 rings (SSSR count). The summed E-state index contributed by atoms with van der Waals surface area (Å²) in [5.41, 5.74) is 3.02. The molecule has 0 fully saturated rings. The van der Waals surface area contributed by atoms with E-state index >= 15 is 0 Å². The number of hydrogen-bond acceptors (Lipinski definition) is 5. The van der Waals surface area contributed by atoms with Gasteiger partial charge in [-0.2, -0.15) is 4.98 Å². The summed E-state index contributed by atoms with van der Waals surface area (Å²) in [7, 11) is 0. The van der Waals surface area contributed by atoms with Crippen LogP contribution in [0.4, 0.5) is 17.5 Å². The summed E-state index contributed by atoms with van der Waals surface area (Å²) in [5, 5.41) is 7.13. The Labute approximate surface area is 139 Å². The zero-order valence-electron chi connectivity index (χ0n) is 12.6. The van der Waals surface area contributed by atoms with Crippen molar-refractivity contribution in [2.75, 3.05) is 10.6 Å². The standard InChI is InChI=1S/C17H16ClN5/c1-12-2-3-14(10-15(12)18)22-17-20-9-6-16(23-17)21-11-13-4-7-19-8-5-13/h2-10H,11H2,1H3,(H2,20,21,22,23). The van der Waals surface area contributed by atoms with Crippen molar-refractivity contribution >= 4 is 29.1 Å². The third kappa shape index (κ3) is 4.17. The summed E-state index contributed by atoms with van der Waals surface area (Å²) in [6, 6.07) is 11.5. The first kappa shape index (κ1) is 15.2. The minimum Gasteiger partial charge on any atom is -0.366 e. The molecule has 6 heteroatoms. The molecule has 0 atom stereocenters. The number of hydrogen-bond donors (Lipinski definition) is 2. The van der Waals surface area contributed by atoms with E-state index in [0.717, 1.165) is 22.6 Å². The molecule has 0 saturated carbocycles. The zero-order valence-corrected chi connectivity index (χ0v) is 13.4. The molecule has 2 heterocycles. The lowest BCUT2D eigenvalue weighted by Crippen LogP contribution is -2.04. The normalized spacial score (nSPS) is 10.3. The Bertz CT molecular complexity index is 792. The molecular weight excluding hydrogens is 310 g/mol. The Morgan fingerprint density at radius 2 is 1.87 bits per heavy atom. The summed E-state index contributed by atoms with van der Waals surface area (Å²) >= 11 is 6.13. The van der Waals surface area contributed by atoms with Crippen molar-refractivity contribution in [1.82, 2.24) is 15.0 Å². The van der Waals surface area contributed by atoms with Crippen LogP contribution in [0.25, 0.3) is 0 Å². The van der Waals surface area contributed by atoms with Gasteiger partial charge in [0.05, 0.1) is 0 Å². The van der Waals surface area contributed by atoms with Crippen LogP contribution < -0.4 is 10.6 Å². The van der Waals surface area contributed by atoms with E-state index in [1.165, 1.54) is 0 Å². The van der Waals surface area contributed by atoms with Crippen LogP contribution in [0.3, 0.4) is 0 Å². The third-order valence-corrected chi connectivity index (χ3v) is 3.71. The third-order valence-electron chi connectivity index (χ3n) is 3.31. The van der Waals surface area contributed by atoms with E-state index in [-0.39, 0.29) is 0 Å². The number of anilines is 3. The maximum atomic E-state index is 6.13. The molecule has 3 aromatic rings. The van der Waals surface area contributed by atoms with Gasteiger partial charge in [0.1, 0.15) is 5.82 Å². The number of halogens is 1. The minimum absolute atomic E-state index is 0.518. The molecule has 0 radical (unpaired) electrons. The summed E-state index contributed by atoms with van der Waals surface area (Å²) in [6.45, 7) is 2.64. The van der Waals surface area contributed by atoms with Gasteiger partial charge in [0, 0.05) is 35.8 Å². The van der Waals surface area contributed by atoms with Crippen molar-refractivity contribution < 1.29 is 0 Å². The smallest absolute Gasteiger partial charge is 0.229 e. The lowest BCUT2D eigenvalue weighted by Gasteiger charge is -2.09. The predicted octanol–water partition coefficient (Wildman–Crippen LogP) is 4.19. The van der Waals surface area contributed by atoms with Crippen molar-refractivity contribution in [3.8, 4) is 0 Å². The minimum atomic E-state index is 0.518. The van der Waals surface area contributed by atoms with Gasteiger partial charge in [-0.3, -0.25) is 4.98 Å². The molecule has 0 unspecified atom stereocenters. The molecule has 1 aromatic carbocycles. The van der Waals surface area contributed by atoms with Crippen molar-refractivity contribution in [3.05, 3.63) is 71.1 Å². The number of pyridine rings is 1. The first-order valence-electron chi connectivity index (χ1n) is 7.20. The maximum Gasteiger partial charge on any atom is 0.229 e. The molecule has 0 spiro atoms. The van der Waals surface area contributed by atoms with Crippen molar-refractivity contribution in [2.24, 2.45) is 0 Å². The van der Waals surface area contributed by atoms with Gasteiger partial charge in [0.2, 0.25) is 5.95 Å². The second-order valence-electron chi connectivity index (χ2n) is 5.06. The van der Waals surface area contributed by atoms with Gasteiger partial charge in [-0.05, 0) is 48.4 Å². The van der Waals surface area contributed by atoms with E-state index in [1.54, 1.807) is 18.6 Å². The van der Waals surface area contributed by atoms with Crippen molar-refractivity contribution in [1.29, 1.82) is 0 Å². The number of rotatable bonds is 5. The van der Waals surface area contributed by atoms with Crippen LogP contribution in [0.5, 0.6) is 0 Å². The molecule has 0 saturated heterocycles. The highest BCUT2D eigenvalue weighted by molar-refractivity contribution is 6.31. The van der Waals surface area contributed by atoms with Crippen LogP contribution in [0.2, 0.25) is 5.02 Å². The van der Waals surface area contributed by atoms with E-state index < -0.39 is 0 Å². The Hall–Kier alpha value is -2.66. The monoisotopic (exact) mass is 325 g/mol. The Kier molecular flexibility index (Phi) is 4.68. The largest absolute Gasteiger partial charge is 0.366 e. The van der Waals surface area contributed by atoms with Crippen molar-refractivity contribution in [3.63, 3.8) is 0 Å². The van der Waals surface area contributed by atoms with Gasteiger partial charge < -0.3 is 10.6 Å². The predicted molar refractivity (Wildman–Crippen MR) is 93.1 cm³/mol. The number of aromatic nitrogens is 3. The molecule has 0 amide bonds. The number of benzene rings is 1. The van der Waals surface area contributed by atoms with E-state index in [1.807, 2.05) is 43.3 Å². The van der Waals surface area contributed by atoms with Gasteiger partial charge in [0.25, 0.3) is 0 Å². The highest BCUT2D eigenvalue weighted by Crippen LogP contribution is 2.22. The molecule has 2 N–H and O–H groups in total. The molecule has 116 valence electrons. The number of nitrogens with zero attached hydrogens (tertiary/aromatic N) is 3. The summed E-state index contributed by atoms with van der Waals surface area (Å²) in [4.78, 5) is 12.7. The zero-order chi connectivity index (χ0) is 16.1. The fourth-order valence-electron chi connectivity index (χ4n) is 2.01. The fraction of sp³-hybridized carbons (Fsp3) is 0.118. The Morgan fingerprint density at radius 3 is 2.65 bits per heavy atom. The van der Waals surface area contributed by atoms with Crippen LogP contribution in [-0.4, -0.2) is 15.0 Å². The summed E-state index contributed by atoms with van der Waals surface area (Å²) in [5.74, 6) is 1.27. The van der Waals surface area contributed by atoms with E-state index in [4.69, 9.17) is 11.6 Å². The van der Waals surface area contributed by atoms with E-state index in [0.29, 0.717) is 17.5 Å². The maximum absolute atomic E-state index is 6.13. The molecule has 0 bridgehead atoms. The molecule has 2 aromatic heterocycles. The molecule has 0 aliphatic carbocycles. The molecule has 0 aliphatic rings. The van der Waals surface area contributed by atoms with Gasteiger partial charge in [0.15, 0.2) is 0 Å². The molecular formula is C17H16ClN5. The second-order valence-corrected chi connectivity index (χ2v) is 5.47. The van der Waals surface area contributed by atoms with Gasteiger partial charge >= 0.3 is 0 Å². The van der Waals surface area contributed by atoms with Gasteiger partial charge in [-0.15, -0.1) is 0 Å². The second kappa shape index (κ2) is 7.07. The highest BCUT2D eigenvalue weighted by atomic mass is 35.5. The van der Waals surface area contributed by atoms with E-state index in [9.17, 15) is 0 Å². The average Bonchev–Trinajstić information content (AvgIpc) is 2.58. The molecule has 23 heavy (non-hydrogen) atoms. The van der Waals surface area contributed by atoms with Crippen LogP contribution in [-0.2, 0) is 6.54 Å². The quantitative estimate of drug-likeness (QED) is 0.736. The SMILES string of the molecule is Cc1ccc(Nc2nccc(NCc3ccncc3)n2)cc1Cl. The fourth-order valence-corrected chi connectivity index (χ4v) is 2.19. The average molecular weight is 326 g/mol. The number of nitrogens with one attached hydrogen (secondary N) is 2. The van der Waals surface area contributed by atoms with Crippen LogP contribution >= 0.6 is 11.6 Å². The Morgan fingerprint density at radius 1 is 1.04 bits per heavy atom. The van der Waals surface area contributed by atoms with E-state index in [2.05, 4.69) is 25.6 Å².